The predicted octanol–water partition coefficient (Wildman–Crippen LogP) is 3.21. The van der Waals surface area contributed by atoms with Gasteiger partial charge in [-0.3, -0.25) is 25.2 Å². The van der Waals surface area contributed by atoms with E-state index >= 15 is 0 Å². The lowest BCUT2D eigenvalue weighted by molar-refractivity contribution is -0.384. The quantitative estimate of drug-likeness (QED) is 0.334. The molecule has 25 heavy (non-hydrogen) atoms. The summed E-state index contributed by atoms with van der Waals surface area (Å²) in [7, 11) is 0. The number of aromatic nitrogens is 1. The Labute approximate surface area is 158 Å². The Morgan fingerprint density at radius 3 is 2.40 bits per heavy atom. The van der Waals surface area contributed by atoms with Crippen molar-refractivity contribution in [2.75, 3.05) is 0 Å². The number of nitrogens with one attached hydrogen (secondary N) is 2. The lowest BCUT2D eigenvalue weighted by Gasteiger charge is -2.26. The molecule has 1 amide bonds. The molecular weight excluding hydrogens is 391 g/mol. The highest BCUT2D eigenvalue weighted by atomic mass is 35.6. The van der Waals surface area contributed by atoms with E-state index < -0.39 is 20.8 Å². The van der Waals surface area contributed by atoms with Gasteiger partial charge in [-0.2, -0.15) is 0 Å². The third-order valence-corrected chi connectivity index (χ3v) is 3.81. The van der Waals surface area contributed by atoms with E-state index in [1.807, 2.05) is 6.07 Å². The molecule has 0 spiro atoms. The number of amides is 1. The molecule has 7 nitrogen and oxygen atoms in total. The highest BCUT2D eigenvalue weighted by Crippen LogP contribution is 2.29. The van der Waals surface area contributed by atoms with Crippen molar-refractivity contribution >= 4 is 46.4 Å². The second kappa shape index (κ2) is 8.44. The van der Waals surface area contributed by atoms with Crippen LogP contribution in [0, 0.1) is 10.1 Å². The van der Waals surface area contributed by atoms with Crippen molar-refractivity contribution in [2.45, 2.75) is 16.5 Å². The second-order valence-electron chi connectivity index (χ2n) is 4.95. The Bertz CT molecular complexity index is 736. The fourth-order valence-corrected chi connectivity index (χ4v) is 2.30. The van der Waals surface area contributed by atoms with Crippen LogP contribution in [-0.2, 0) is 6.54 Å². The fourth-order valence-electron chi connectivity index (χ4n) is 1.91. The summed E-state index contributed by atoms with van der Waals surface area (Å²) in [6.45, 7) is 0.264. The van der Waals surface area contributed by atoms with Crippen LogP contribution in [0.25, 0.3) is 0 Å². The summed E-state index contributed by atoms with van der Waals surface area (Å²) in [5.74, 6) is -0.542. The minimum atomic E-state index is -1.81. The van der Waals surface area contributed by atoms with E-state index in [1.54, 1.807) is 18.3 Å². The van der Waals surface area contributed by atoms with Crippen molar-refractivity contribution in [3.63, 3.8) is 0 Å². The van der Waals surface area contributed by atoms with Gasteiger partial charge in [-0.25, -0.2) is 0 Å². The van der Waals surface area contributed by atoms with Crippen molar-refractivity contribution in [1.29, 1.82) is 0 Å². The molecule has 0 saturated heterocycles. The Balaban J connectivity index is 2.05. The Morgan fingerprint density at radius 2 is 1.88 bits per heavy atom. The molecule has 0 bridgehead atoms. The first-order chi connectivity index (χ1) is 11.8. The summed E-state index contributed by atoms with van der Waals surface area (Å²) in [4.78, 5) is 26.5. The third kappa shape index (κ3) is 5.82. The van der Waals surface area contributed by atoms with Crippen molar-refractivity contribution < 1.29 is 9.72 Å². The number of benzene rings is 1. The van der Waals surface area contributed by atoms with Crippen molar-refractivity contribution in [2.24, 2.45) is 0 Å². The maximum absolute atomic E-state index is 12.3. The number of non-ortho nitro benzene ring substituents is 1. The molecule has 0 aliphatic rings. The van der Waals surface area contributed by atoms with E-state index in [2.05, 4.69) is 15.6 Å². The van der Waals surface area contributed by atoms with Gasteiger partial charge in [0.05, 0.1) is 10.6 Å². The van der Waals surface area contributed by atoms with Crippen LogP contribution >= 0.6 is 34.8 Å². The molecule has 0 radical (unpaired) electrons. The Morgan fingerprint density at radius 1 is 1.20 bits per heavy atom. The number of pyridine rings is 1. The zero-order chi connectivity index (χ0) is 18.4. The summed E-state index contributed by atoms with van der Waals surface area (Å²) in [6, 6.07) is 10.4. The number of carbonyl (C=O) groups excluding carboxylic acids is 1. The number of nitro groups is 1. The first-order valence-electron chi connectivity index (χ1n) is 7.02. The van der Waals surface area contributed by atoms with Gasteiger partial charge < -0.3 is 5.32 Å². The SMILES string of the molecule is O=C(N[C@@H](NCc1ccccn1)C(Cl)(Cl)Cl)c1ccc([N+](=O)[O-])cc1. The normalized spacial score (nSPS) is 12.4. The molecule has 2 rings (SSSR count). The highest BCUT2D eigenvalue weighted by molar-refractivity contribution is 6.68. The van der Waals surface area contributed by atoms with Gasteiger partial charge in [0, 0.05) is 30.4 Å². The summed E-state index contributed by atoms with van der Waals surface area (Å²) >= 11 is 17.7. The van der Waals surface area contributed by atoms with Crippen molar-refractivity contribution in [1.82, 2.24) is 15.6 Å². The zero-order valence-electron chi connectivity index (χ0n) is 12.7. The number of nitro benzene ring substituents is 1. The third-order valence-electron chi connectivity index (χ3n) is 3.16. The molecular formula is C15H13Cl3N4O3. The lowest BCUT2D eigenvalue weighted by atomic mass is 10.2. The lowest BCUT2D eigenvalue weighted by Crippen LogP contribution is -2.53. The maximum Gasteiger partial charge on any atom is 0.269 e. The minimum absolute atomic E-state index is 0.122. The van der Waals surface area contributed by atoms with E-state index in [0.29, 0.717) is 5.69 Å². The molecule has 1 aromatic heterocycles. The topological polar surface area (TPSA) is 97.2 Å². The molecule has 0 fully saturated rings. The van der Waals surface area contributed by atoms with E-state index in [9.17, 15) is 14.9 Å². The van der Waals surface area contributed by atoms with E-state index in [-0.39, 0.29) is 17.8 Å². The molecule has 0 aliphatic heterocycles. The number of hydrogen-bond donors (Lipinski definition) is 2. The van der Waals surface area contributed by atoms with Gasteiger partial charge >= 0.3 is 0 Å². The number of halogens is 3. The predicted molar refractivity (Wildman–Crippen MR) is 95.7 cm³/mol. The number of hydrogen-bond acceptors (Lipinski definition) is 5. The van der Waals surface area contributed by atoms with Crippen molar-refractivity contribution in [3.8, 4) is 0 Å². The Hall–Kier alpha value is -1.93. The summed E-state index contributed by atoms with van der Waals surface area (Å²) in [5.41, 5.74) is 0.776. The van der Waals surface area contributed by atoms with Crippen LogP contribution in [0.4, 0.5) is 5.69 Å². The average Bonchev–Trinajstić information content (AvgIpc) is 2.58. The first-order valence-corrected chi connectivity index (χ1v) is 8.16. The van der Waals surface area contributed by atoms with Crippen LogP contribution in [0.5, 0.6) is 0 Å². The molecule has 1 aromatic carbocycles. The van der Waals surface area contributed by atoms with Crippen LogP contribution in [-0.4, -0.2) is 25.8 Å². The summed E-state index contributed by atoms with van der Waals surface area (Å²) in [5, 5.41) is 16.1. The molecule has 1 atom stereocenters. The number of rotatable bonds is 6. The standard InChI is InChI=1S/C15H13Cl3N4O3/c16-15(17,18)14(20-9-11-3-1-2-8-19-11)21-13(23)10-4-6-12(7-5-10)22(24)25/h1-8,14,20H,9H2,(H,21,23)/t14-/m1/s1. The van der Waals surface area contributed by atoms with Gasteiger partial charge in [0.25, 0.3) is 11.6 Å². The van der Waals surface area contributed by atoms with Crippen LogP contribution in [0.15, 0.2) is 48.7 Å². The van der Waals surface area contributed by atoms with Gasteiger partial charge in [0.15, 0.2) is 0 Å². The van der Waals surface area contributed by atoms with Crippen LogP contribution in [0.3, 0.4) is 0 Å². The molecule has 10 heteroatoms. The van der Waals surface area contributed by atoms with Gasteiger partial charge in [-0.05, 0) is 24.3 Å². The molecule has 0 saturated carbocycles. The summed E-state index contributed by atoms with van der Waals surface area (Å²) in [6.07, 6.45) is 0.624. The fraction of sp³-hybridized carbons (Fsp3) is 0.200. The second-order valence-corrected chi connectivity index (χ2v) is 7.32. The smallest absolute Gasteiger partial charge is 0.269 e. The van der Waals surface area contributed by atoms with Gasteiger partial charge in [0.1, 0.15) is 6.17 Å². The molecule has 1 heterocycles. The average molecular weight is 404 g/mol. The first kappa shape index (κ1) is 19.4. The van der Waals surface area contributed by atoms with Crippen molar-refractivity contribution in [3.05, 3.63) is 70.0 Å². The van der Waals surface area contributed by atoms with Crippen LogP contribution in [0.1, 0.15) is 16.1 Å². The monoisotopic (exact) mass is 402 g/mol. The summed E-state index contributed by atoms with van der Waals surface area (Å²) < 4.78 is -1.81. The van der Waals surface area contributed by atoms with E-state index in [4.69, 9.17) is 34.8 Å². The molecule has 2 N–H and O–H groups in total. The largest absolute Gasteiger partial charge is 0.333 e. The molecule has 2 aromatic rings. The molecule has 0 aliphatic carbocycles. The van der Waals surface area contributed by atoms with Crippen LogP contribution < -0.4 is 10.6 Å². The molecule has 132 valence electrons. The number of carbonyl (C=O) groups is 1. The van der Waals surface area contributed by atoms with Gasteiger partial charge in [-0.1, -0.05) is 40.9 Å². The number of nitrogens with zero attached hydrogens (tertiary/aromatic N) is 2. The van der Waals surface area contributed by atoms with E-state index in [0.717, 1.165) is 0 Å². The zero-order valence-corrected chi connectivity index (χ0v) is 14.9. The van der Waals surface area contributed by atoms with Gasteiger partial charge in [0.2, 0.25) is 3.79 Å². The van der Waals surface area contributed by atoms with Crippen LogP contribution in [0.2, 0.25) is 0 Å². The van der Waals surface area contributed by atoms with E-state index in [1.165, 1.54) is 24.3 Å². The highest BCUT2D eigenvalue weighted by Gasteiger charge is 2.34. The van der Waals surface area contributed by atoms with Gasteiger partial charge in [-0.15, -0.1) is 0 Å². The Kier molecular flexibility index (Phi) is 6.55. The minimum Gasteiger partial charge on any atom is -0.333 e. The number of alkyl halides is 3. The maximum atomic E-state index is 12.3. The molecule has 0 unspecified atom stereocenters.